The molecule has 0 spiro atoms. The fourth-order valence-electron chi connectivity index (χ4n) is 5.00. The monoisotopic (exact) mass is 719 g/mol. The van der Waals surface area contributed by atoms with Crippen molar-refractivity contribution in [3.05, 3.63) is 48.0 Å². The van der Waals surface area contributed by atoms with Crippen LogP contribution in [0.15, 0.2) is 42.5 Å². The summed E-state index contributed by atoms with van der Waals surface area (Å²) in [6.07, 6.45) is 0.495. The van der Waals surface area contributed by atoms with Gasteiger partial charge in [0.05, 0.1) is 12.1 Å². The first kappa shape index (κ1) is 44.4. The van der Waals surface area contributed by atoms with Gasteiger partial charge < -0.3 is 36.4 Å². The number of thioether (sulfide) groups is 1. The van der Waals surface area contributed by atoms with Crippen LogP contribution in [0.2, 0.25) is 0 Å². The molecule has 0 radical (unpaired) electrons. The summed E-state index contributed by atoms with van der Waals surface area (Å²) >= 11 is 1.51. The van der Waals surface area contributed by atoms with E-state index in [9.17, 15) is 29.1 Å². The average Bonchev–Trinajstić information content (AvgIpc) is 3.01. The predicted octanol–water partition coefficient (Wildman–Crippen LogP) is 4.07. The molecule has 0 saturated heterocycles. The van der Waals surface area contributed by atoms with Crippen LogP contribution < -0.4 is 26.6 Å². The van der Waals surface area contributed by atoms with Crippen molar-refractivity contribution in [1.29, 1.82) is 0 Å². The topological polar surface area (TPSA) is 175 Å². The Balaban J connectivity index is 3.01. The second kappa shape index (κ2) is 21.6. The molecule has 0 aromatic heterocycles. The molecule has 0 aliphatic carbocycles. The fraction of sp³-hybridized carbons (Fsp3) is 0.649. The molecule has 0 bridgehead atoms. The van der Waals surface area contributed by atoms with Crippen molar-refractivity contribution in [2.75, 3.05) is 12.0 Å². The highest BCUT2D eigenvalue weighted by Crippen LogP contribution is 2.17. The van der Waals surface area contributed by atoms with Gasteiger partial charge in [-0.3, -0.25) is 19.2 Å². The van der Waals surface area contributed by atoms with Crippen LogP contribution in [-0.2, 0) is 30.5 Å². The molecule has 282 valence electrons. The van der Waals surface area contributed by atoms with Gasteiger partial charge in [-0.05, 0) is 68.9 Å². The third kappa shape index (κ3) is 16.9. The minimum Gasteiger partial charge on any atom is -0.444 e. The van der Waals surface area contributed by atoms with Gasteiger partial charge in [0, 0.05) is 18.5 Å². The molecular formula is C37H61N5O7S. The second-order valence-corrected chi connectivity index (χ2v) is 15.7. The smallest absolute Gasteiger partial charge is 0.408 e. The molecule has 1 aromatic rings. The van der Waals surface area contributed by atoms with E-state index in [4.69, 9.17) is 4.74 Å². The van der Waals surface area contributed by atoms with E-state index < -0.39 is 59.7 Å². The zero-order valence-corrected chi connectivity index (χ0v) is 32.4. The zero-order chi connectivity index (χ0) is 38.2. The highest BCUT2D eigenvalue weighted by Gasteiger charge is 2.33. The molecule has 0 aliphatic rings. The molecule has 0 saturated carbocycles. The van der Waals surface area contributed by atoms with Gasteiger partial charge in [0.15, 0.2) is 0 Å². The predicted molar refractivity (Wildman–Crippen MR) is 199 cm³/mol. The molecule has 0 aliphatic heterocycles. The van der Waals surface area contributed by atoms with E-state index in [0.717, 1.165) is 5.56 Å². The van der Waals surface area contributed by atoms with E-state index in [-0.39, 0.29) is 35.7 Å². The van der Waals surface area contributed by atoms with Crippen LogP contribution in [0.1, 0.15) is 87.1 Å². The second-order valence-electron chi connectivity index (χ2n) is 14.7. The van der Waals surface area contributed by atoms with Gasteiger partial charge in [-0.1, -0.05) is 78.5 Å². The van der Waals surface area contributed by atoms with Crippen LogP contribution in [0.4, 0.5) is 4.79 Å². The first-order chi connectivity index (χ1) is 23.2. The van der Waals surface area contributed by atoms with Crippen molar-refractivity contribution in [3.8, 4) is 0 Å². The molecule has 13 heteroatoms. The van der Waals surface area contributed by atoms with Gasteiger partial charge in [0.1, 0.15) is 23.7 Å². The van der Waals surface area contributed by atoms with Crippen molar-refractivity contribution in [3.63, 3.8) is 0 Å². The lowest BCUT2D eigenvalue weighted by molar-refractivity contribution is -0.131. The minimum absolute atomic E-state index is 0.0576. The van der Waals surface area contributed by atoms with E-state index in [0.29, 0.717) is 25.1 Å². The number of rotatable bonds is 20. The number of hydrogen-bond acceptors (Lipinski definition) is 8. The third-order valence-corrected chi connectivity index (χ3v) is 8.35. The van der Waals surface area contributed by atoms with Crippen molar-refractivity contribution >= 4 is 41.5 Å². The van der Waals surface area contributed by atoms with Crippen LogP contribution >= 0.6 is 11.8 Å². The molecule has 50 heavy (non-hydrogen) atoms. The van der Waals surface area contributed by atoms with E-state index in [1.165, 1.54) is 11.8 Å². The summed E-state index contributed by atoms with van der Waals surface area (Å²) in [5.74, 6) is -1.84. The first-order valence-electron chi connectivity index (χ1n) is 17.3. The summed E-state index contributed by atoms with van der Waals surface area (Å²) in [6, 6.07) is 5.93. The molecule has 12 nitrogen and oxygen atoms in total. The normalized spacial score (nSPS) is 14.6. The number of benzene rings is 1. The van der Waals surface area contributed by atoms with E-state index >= 15 is 0 Å². The maximum absolute atomic E-state index is 13.7. The molecule has 0 heterocycles. The van der Waals surface area contributed by atoms with Crippen LogP contribution in [0.25, 0.3) is 0 Å². The Labute approximate surface area is 303 Å². The Kier molecular flexibility index (Phi) is 19.2. The summed E-state index contributed by atoms with van der Waals surface area (Å²) in [4.78, 5) is 65.7. The number of nitrogens with one attached hydrogen (secondary N) is 5. The van der Waals surface area contributed by atoms with Gasteiger partial charge in [-0.25, -0.2) is 4.79 Å². The molecule has 1 aromatic carbocycles. The van der Waals surface area contributed by atoms with Crippen molar-refractivity contribution in [2.24, 2.45) is 17.8 Å². The Bertz CT molecular complexity index is 1270. The number of alkyl carbamates (subject to hydrolysis) is 1. The number of aliphatic hydroxyl groups excluding tert-OH is 1. The number of amides is 5. The van der Waals surface area contributed by atoms with Gasteiger partial charge in [0.25, 0.3) is 0 Å². The van der Waals surface area contributed by atoms with E-state index in [1.807, 2.05) is 64.3 Å². The van der Waals surface area contributed by atoms with Crippen LogP contribution in [0, 0.1) is 17.8 Å². The minimum atomic E-state index is -1.18. The Hall–Kier alpha value is -3.58. The fourth-order valence-corrected chi connectivity index (χ4v) is 5.47. The van der Waals surface area contributed by atoms with Crippen LogP contribution in [0.5, 0.6) is 0 Å². The summed E-state index contributed by atoms with van der Waals surface area (Å²) in [7, 11) is 0. The first-order valence-corrected chi connectivity index (χ1v) is 18.7. The molecule has 0 fully saturated rings. The summed E-state index contributed by atoms with van der Waals surface area (Å²) in [5.41, 5.74) is 0.226. The van der Waals surface area contributed by atoms with E-state index in [2.05, 4.69) is 33.2 Å². The van der Waals surface area contributed by atoms with Gasteiger partial charge in [-0.2, -0.15) is 11.8 Å². The van der Waals surface area contributed by atoms with Gasteiger partial charge >= 0.3 is 6.09 Å². The standard InChI is InChI=1S/C37H61N5O7S/c1-22(2)19-28(29(43)20-25(7)32(44)41-30(23(3)4)34(46)38-21-26-15-13-12-14-16-26)40-33(45)27(17-18-50-11)39-35(47)31(24(5)6)42-36(48)49-37(8,9)10/h12-16,22-24,27-31,43H,7,17-21H2,1-6,8-11H3,(H,38,46)(H,39,47)(H,40,45)(H,41,44)(H,42,48)/t27-,28-,29-,30-,31-/m0/s1. The highest BCUT2D eigenvalue weighted by atomic mass is 32.2. The van der Waals surface area contributed by atoms with Crippen molar-refractivity contribution in [2.45, 2.75) is 124 Å². The number of carbonyl (C=O) groups excluding carboxylic acids is 5. The Morgan fingerprint density at radius 2 is 1.42 bits per heavy atom. The summed E-state index contributed by atoms with van der Waals surface area (Å²) < 4.78 is 5.33. The molecule has 1 rings (SSSR count). The third-order valence-electron chi connectivity index (χ3n) is 7.70. The summed E-state index contributed by atoms with van der Waals surface area (Å²) in [6.45, 7) is 20.4. The number of aliphatic hydroxyl groups is 1. The van der Waals surface area contributed by atoms with Crippen molar-refractivity contribution in [1.82, 2.24) is 26.6 Å². The summed E-state index contributed by atoms with van der Waals surface area (Å²) in [5, 5.41) is 25.2. The Morgan fingerprint density at radius 1 is 0.840 bits per heavy atom. The molecule has 5 amide bonds. The average molecular weight is 720 g/mol. The SMILES string of the molecule is C=C(C[C@H](O)[C@H](CC(C)C)NC(=O)[C@H](CCSC)NC(=O)[C@@H](NC(=O)OC(C)(C)C)C(C)C)C(=O)N[C@H](C(=O)NCc1ccccc1)C(C)C. The van der Waals surface area contributed by atoms with Gasteiger partial charge in [0.2, 0.25) is 23.6 Å². The quantitative estimate of drug-likeness (QED) is 0.109. The molecular weight excluding hydrogens is 659 g/mol. The lowest BCUT2D eigenvalue weighted by Gasteiger charge is -2.30. The maximum Gasteiger partial charge on any atom is 0.408 e. The molecule has 5 atom stereocenters. The Morgan fingerprint density at radius 3 is 1.94 bits per heavy atom. The number of hydrogen-bond donors (Lipinski definition) is 6. The maximum atomic E-state index is 13.7. The van der Waals surface area contributed by atoms with E-state index in [1.54, 1.807) is 34.6 Å². The largest absolute Gasteiger partial charge is 0.444 e. The highest BCUT2D eigenvalue weighted by molar-refractivity contribution is 7.98. The van der Waals surface area contributed by atoms with Crippen molar-refractivity contribution < 1.29 is 33.8 Å². The molecule has 6 N–H and O–H groups in total. The zero-order valence-electron chi connectivity index (χ0n) is 31.6. The lowest BCUT2D eigenvalue weighted by atomic mass is 9.94. The number of ether oxygens (including phenoxy) is 1. The number of carbonyl (C=O) groups is 5. The lowest BCUT2D eigenvalue weighted by Crippen LogP contribution is -2.57. The van der Waals surface area contributed by atoms with Crippen LogP contribution in [0.3, 0.4) is 0 Å². The van der Waals surface area contributed by atoms with Gasteiger partial charge in [-0.15, -0.1) is 0 Å². The molecule has 0 unspecified atom stereocenters. The van der Waals surface area contributed by atoms with Crippen LogP contribution in [-0.4, -0.2) is 82.7 Å².